The fraction of sp³-hybridized carbons (Fsp3) is 0.250. The van der Waals surface area contributed by atoms with Crippen LogP contribution in [0.15, 0.2) is 53.0 Å². The van der Waals surface area contributed by atoms with E-state index in [0.29, 0.717) is 0 Å². The molecule has 0 aliphatic carbocycles. The summed E-state index contributed by atoms with van der Waals surface area (Å²) in [4.78, 5) is 0. The summed E-state index contributed by atoms with van der Waals surface area (Å²) in [6, 6.07) is 16.3. The summed E-state index contributed by atoms with van der Waals surface area (Å²) in [7, 11) is 0. The van der Waals surface area contributed by atoms with Crippen LogP contribution in [-0.2, 0) is 6.54 Å². The number of aliphatic hydroxyl groups excluding tert-OH is 1. The predicted octanol–water partition coefficient (Wildman–Crippen LogP) is 3.58. The zero-order valence-corrected chi connectivity index (χ0v) is 12.5. The molecule has 2 nitrogen and oxygen atoms in total. The Labute approximate surface area is 122 Å². The largest absolute Gasteiger partial charge is 0.394 e. The molecular weight excluding hydrogens is 302 g/mol. The maximum Gasteiger partial charge on any atom is 0.0626 e. The van der Waals surface area contributed by atoms with E-state index in [1.165, 1.54) is 11.1 Å². The van der Waals surface area contributed by atoms with Crippen LogP contribution in [0.2, 0.25) is 0 Å². The number of hydrogen-bond acceptors (Lipinski definition) is 2. The normalized spacial score (nSPS) is 12.4. The molecule has 0 aliphatic heterocycles. The smallest absolute Gasteiger partial charge is 0.0626 e. The summed E-state index contributed by atoms with van der Waals surface area (Å²) < 4.78 is 1.12. The molecule has 0 saturated heterocycles. The van der Waals surface area contributed by atoms with E-state index in [2.05, 4.69) is 46.4 Å². The van der Waals surface area contributed by atoms with E-state index in [9.17, 15) is 5.11 Å². The Balaban J connectivity index is 2.02. The van der Waals surface area contributed by atoms with Gasteiger partial charge in [-0.05, 0) is 29.7 Å². The molecule has 0 radical (unpaired) electrons. The van der Waals surface area contributed by atoms with E-state index in [1.54, 1.807) is 0 Å². The van der Waals surface area contributed by atoms with Gasteiger partial charge in [-0.2, -0.15) is 0 Å². The van der Waals surface area contributed by atoms with Gasteiger partial charge in [0.2, 0.25) is 0 Å². The molecule has 2 aromatic rings. The summed E-state index contributed by atoms with van der Waals surface area (Å²) in [6.07, 6.45) is 0. The van der Waals surface area contributed by atoms with Gasteiger partial charge in [-0.3, -0.25) is 0 Å². The minimum atomic E-state index is -0.0230. The van der Waals surface area contributed by atoms with Crippen molar-refractivity contribution in [3.8, 4) is 0 Å². The van der Waals surface area contributed by atoms with Gasteiger partial charge in [0.1, 0.15) is 0 Å². The molecule has 0 fully saturated rings. The van der Waals surface area contributed by atoms with Crippen molar-refractivity contribution in [1.82, 2.24) is 5.32 Å². The van der Waals surface area contributed by atoms with Crippen LogP contribution in [-0.4, -0.2) is 11.7 Å². The zero-order valence-electron chi connectivity index (χ0n) is 10.9. The van der Waals surface area contributed by atoms with Crippen LogP contribution >= 0.6 is 15.9 Å². The maximum absolute atomic E-state index is 9.49. The minimum Gasteiger partial charge on any atom is -0.394 e. The van der Waals surface area contributed by atoms with Gasteiger partial charge in [0.25, 0.3) is 0 Å². The van der Waals surface area contributed by atoms with Gasteiger partial charge in [0, 0.05) is 11.0 Å². The summed E-state index contributed by atoms with van der Waals surface area (Å²) in [5, 5.41) is 12.9. The molecule has 19 heavy (non-hydrogen) atoms. The van der Waals surface area contributed by atoms with Crippen LogP contribution in [0.25, 0.3) is 0 Å². The highest BCUT2D eigenvalue weighted by molar-refractivity contribution is 9.10. The first-order chi connectivity index (χ1) is 9.20. The van der Waals surface area contributed by atoms with Crippen LogP contribution in [0.3, 0.4) is 0 Å². The predicted molar refractivity (Wildman–Crippen MR) is 82.0 cm³/mol. The summed E-state index contributed by atoms with van der Waals surface area (Å²) in [6.45, 7) is 2.92. The lowest BCUT2D eigenvalue weighted by Gasteiger charge is -2.17. The Hall–Kier alpha value is -1.16. The Morgan fingerprint density at radius 2 is 1.89 bits per heavy atom. The van der Waals surface area contributed by atoms with E-state index in [0.717, 1.165) is 16.6 Å². The molecule has 0 unspecified atom stereocenters. The third-order valence-corrected chi connectivity index (χ3v) is 4.05. The molecule has 3 heteroatoms. The third-order valence-electron chi connectivity index (χ3n) is 3.16. The second kappa shape index (κ2) is 6.85. The Bertz CT molecular complexity index is 528. The highest BCUT2D eigenvalue weighted by Gasteiger charge is 2.09. The van der Waals surface area contributed by atoms with Crippen molar-refractivity contribution in [3.05, 3.63) is 69.7 Å². The number of halogens is 1. The lowest BCUT2D eigenvalue weighted by molar-refractivity contribution is 0.243. The second-order valence-corrected chi connectivity index (χ2v) is 5.46. The first kappa shape index (κ1) is 14.3. The molecule has 2 rings (SSSR count). The fourth-order valence-corrected chi connectivity index (χ4v) is 2.28. The molecule has 0 aromatic heterocycles. The molecule has 0 spiro atoms. The van der Waals surface area contributed by atoms with E-state index in [4.69, 9.17) is 0 Å². The lowest BCUT2D eigenvalue weighted by Crippen LogP contribution is -2.23. The van der Waals surface area contributed by atoms with Crippen molar-refractivity contribution in [2.24, 2.45) is 0 Å². The Kier molecular flexibility index (Phi) is 5.14. The number of rotatable bonds is 5. The lowest BCUT2D eigenvalue weighted by atomic mass is 10.1. The van der Waals surface area contributed by atoms with Gasteiger partial charge in [0.15, 0.2) is 0 Å². The van der Waals surface area contributed by atoms with Gasteiger partial charge in [-0.15, -0.1) is 0 Å². The standard InChI is InChI=1S/C16H18BrNO/c1-12-9-13(7-8-15(12)17)10-18-16(11-19)14-5-3-2-4-6-14/h2-9,16,18-19H,10-11H2,1H3/t16-/m0/s1. The topological polar surface area (TPSA) is 32.3 Å². The second-order valence-electron chi connectivity index (χ2n) is 4.61. The molecular formula is C16H18BrNO. The molecule has 2 aromatic carbocycles. The van der Waals surface area contributed by atoms with Crippen LogP contribution in [0.5, 0.6) is 0 Å². The number of aliphatic hydroxyl groups is 1. The van der Waals surface area contributed by atoms with Crippen molar-refractivity contribution < 1.29 is 5.11 Å². The van der Waals surface area contributed by atoms with Gasteiger partial charge >= 0.3 is 0 Å². The summed E-state index contributed by atoms with van der Waals surface area (Å²) in [5.74, 6) is 0. The molecule has 100 valence electrons. The summed E-state index contributed by atoms with van der Waals surface area (Å²) >= 11 is 3.50. The quantitative estimate of drug-likeness (QED) is 0.882. The van der Waals surface area contributed by atoms with Crippen molar-refractivity contribution in [3.63, 3.8) is 0 Å². The van der Waals surface area contributed by atoms with Crippen LogP contribution < -0.4 is 5.32 Å². The molecule has 2 N–H and O–H groups in total. The molecule has 0 bridgehead atoms. The van der Waals surface area contributed by atoms with Crippen LogP contribution in [0, 0.1) is 6.92 Å². The van der Waals surface area contributed by atoms with Crippen molar-refractivity contribution in [2.75, 3.05) is 6.61 Å². The highest BCUT2D eigenvalue weighted by Crippen LogP contribution is 2.18. The SMILES string of the molecule is Cc1cc(CN[C@@H](CO)c2ccccc2)ccc1Br. The van der Waals surface area contributed by atoms with Gasteiger partial charge in [0.05, 0.1) is 12.6 Å². The number of nitrogens with one attached hydrogen (secondary N) is 1. The fourth-order valence-electron chi connectivity index (χ4n) is 2.03. The number of hydrogen-bond donors (Lipinski definition) is 2. The molecule has 0 saturated carbocycles. The number of aryl methyl sites for hydroxylation is 1. The van der Waals surface area contributed by atoms with Crippen molar-refractivity contribution in [1.29, 1.82) is 0 Å². The average Bonchev–Trinajstić information content (AvgIpc) is 2.44. The third kappa shape index (κ3) is 3.90. The monoisotopic (exact) mass is 319 g/mol. The molecule has 0 amide bonds. The molecule has 1 atom stereocenters. The highest BCUT2D eigenvalue weighted by atomic mass is 79.9. The van der Waals surface area contributed by atoms with E-state index in [-0.39, 0.29) is 12.6 Å². The van der Waals surface area contributed by atoms with Crippen molar-refractivity contribution in [2.45, 2.75) is 19.5 Å². The summed E-state index contributed by atoms with van der Waals surface area (Å²) in [5.41, 5.74) is 3.55. The van der Waals surface area contributed by atoms with E-state index >= 15 is 0 Å². The van der Waals surface area contributed by atoms with E-state index in [1.807, 2.05) is 30.3 Å². The average molecular weight is 320 g/mol. The van der Waals surface area contributed by atoms with Crippen LogP contribution in [0.4, 0.5) is 0 Å². The van der Waals surface area contributed by atoms with Gasteiger partial charge in [-0.25, -0.2) is 0 Å². The van der Waals surface area contributed by atoms with E-state index < -0.39 is 0 Å². The Morgan fingerprint density at radius 1 is 1.16 bits per heavy atom. The first-order valence-electron chi connectivity index (χ1n) is 6.35. The molecule has 0 aliphatic rings. The van der Waals surface area contributed by atoms with Crippen molar-refractivity contribution >= 4 is 15.9 Å². The molecule has 0 heterocycles. The van der Waals surface area contributed by atoms with Crippen LogP contribution in [0.1, 0.15) is 22.7 Å². The first-order valence-corrected chi connectivity index (χ1v) is 7.14. The van der Waals surface area contributed by atoms with Gasteiger partial charge in [-0.1, -0.05) is 58.4 Å². The minimum absolute atomic E-state index is 0.0230. The maximum atomic E-state index is 9.49. The van der Waals surface area contributed by atoms with Gasteiger partial charge < -0.3 is 10.4 Å². The Morgan fingerprint density at radius 3 is 2.53 bits per heavy atom. The number of benzene rings is 2. The zero-order chi connectivity index (χ0) is 13.7.